The maximum absolute atomic E-state index is 9.27. The van der Waals surface area contributed by atoms with Gasteiger partial charge >= 0.3 is 0 Å². The molecule has 2 atom stereocenters. The van der Waals surface area contributed by atoms with E-state index in [0.29, 0.717) is 12.1 Å². The molecular weight excluding hydrogens is 234 g/mol. The van der Waals surface area contributed by atoms with E-state index in [1.54, 1.807) is 0 Å². The highest BCUT2D eigenvalue weighted by Gasteiger charge is 2.26. The van der Waals surface area contributed by atoms with Crippen LogP contribution in [0.2, 0.25) is 0 Å². The topological polar surface area (TPSA) is 32.3 Å². The second kappa shape index (κ2) is 7.66. The standard InChI is InChI=1S/C17H29NO/c1-5-9-15(14-10-7-6-8-11-14)18-16(12-13-19)17(2,3)4/h6-8,10-11,15-16,18-19H,5,9,12-13H2,1-4H3. The van der Waals surface area contributed by atoms with Crippen LogP contribution in [0.4, 0.5) is 0 Å². The van der Waals surface area contributed by atoms with E-state index in [4.69, 9.17) is 0 Å². The van der Waals surface area contributed by atoms with Gasteiger partial charge in [-0.05, 0) is 23.8 Å². The maximum Gasteiger partial charge on any atom is 0.0446 e. The van der Waals surface area contributed by atoms with Crippen molar-refractivity contribution in [3.8, 4) is 0 Å². The highest BCUT2D eigenvalue weighted by atomic mass is 16.3. The third-order valence-corrected chi connectivity index (χ3v) is 3.64. The average molecular weight is 263 g/mol. The number of benzene rings is 1. The van der Waals surface area contributed by atoms with Crippen LogP contribution in [0.15, 0.2) is 30.3 Å². The minimum Gasteiger partial charge on any atom is -0.396 e. The fraction of sp³-hybridized carbons (Fsp3) is 0.647. The summed E-state index contributed by atoms with van der Waals surface area (Å²) in [7, 11) is 0. The van der Waals surface area contributed by atoms with Gasteiger partial charge in [-0.1, -0.05) is 64.4 Å². The molecule has 2 unspecified atom stereocenters. The van der Waals surface area contributed by atoms with E-state index in [-0.39, 0.29) is 12.0 Å². The molecule has 0 aliphatic rings. The van der Waals surface area contributed by atoms with Crippen molar-refractivity contribution in [3.63, 3.8) is 0 Å². The summed E-state index contributed by atoms with van der Waals surface area (Å²) < 4.78 is 0. The minimum absolute atomic E-state index is 0.156. The zero-order valence-electron chi connectivity index (χ0n) is 12.8. The summed E-state index contributed by atoms with van der Waals surface area (Å²) in [6.45, 7) is 9.15. The number of aliphatic hydroxyl groups excluding tert-OH is 1. The third kappa shape index (κ3) is 5.33. The number of hydrogen-bond donors (Lipinski definition) is 2. The molecule has 2 heteroatoms. The Kier molecular flexibility index (Phi) is 6.53. The highest BCUT2D eigenvalue weighted by molar-refractivity contribution is 5.19. The molecular formula is C17H29NO. The first-order chi connectivity index (χ1) is 8.99. The van der Waals surface area contributed by atoms with Gasteiger partial charge in [-0.25, -0.2) is 0 Å². The van der Waals surface area contributed by atoms with Crippen LogP contribution in [0, 0.1) is 5.41 Å². The maximum atomic E-state index is 9.27. The summed E-state index contributed by atoms with van der Waals surface area (Å²) in [5, 5.41) is 13.0. The van der Waals surface area contributed by atoms with Gasteiger partial charge in [-0.3, -0.25) is 0 Å². The second-order valence-corrected chi connectivity index (χ2v) is 6.35. The van der Waals surface area contributed by atoms with Gasteiger partial charge < -0.3 is 10.4 Å². The molecule has 19 heavy (non-hydrogen) atoms. The van der Waals surface area contributed by atoms with Crippen LogP contribution in [-0.4, -0.2) is 17.8 Å². The summed E-state index contributed by atoms with van der Waals surface area (Å²) in [5.41, 5.74) is 1.50. The van der Waals surface area contributed by atoms with Crippen molar-refractivity contribution in [1.29, 1.82) is 0 Å². The zero-order valence-corrected chi connectivity index (χ0v) is 12.8. The first kappa shape index (κ1) is 16.2. The van der Waals surface area contributed by atoms with Crippen LogP contribution in [0.3, 0.4) is 0 Å². The largest absolute Gasteiger partial charge is 0.396 e. The molecule has 108 valence electrons. The van der Waals surface area contributed by atoms with Crippen LogP contribution in [0.1, 0.15) is 58.6 Å². The smallest absolute Gasteiger partial charge is 0.0446 e. The average Bonchev–Trinajstić information content (AvgIpc) is 2.37. The van der Waals surface area contributed by atoms with Crippen molar-refractivity contribution in [1.82, 2.24) is 5.32 Å². The van der Waals surface area contributed by atoms with E-state index in [0.717, 1.165) is 19.3 Å². The molecule has 2 nitrogen and oxygen atoms in total. The lowest BCUT2D eigenvalue weighted by Crippen LogP contribution is -2.43. The summed E-state index contributed by atoms with van der Waals surface area (Å²) in [4.78, 5) is 0. The SMILES string of the molecule is CCCC(NC(CCO)C(C)(C)C)c1ccccc1. The quantitative estimate of drug-likeness (QED) is 0.781. The van der Waals surface area contributed by atoms with Crippen molar-refractivity contribution >= 4 is 0 Å². The predicted octanol–water partition coefficient (Wildman–Crippen LogP) is 3.91. The molecule has 0 radical (unpaired) electrons. The van der Waals surface area contributed by atoms with Gasteiger partial charge in [-0.2, -0.15) is 0 Å². The summed E-state index contributed by atoms with van der Waals surface area (Å²) in [5.74, 6) is 0. The first-order valence-corrected chi connectivity index (χ1v) is 7.41. The molecule has 1 aromatic carbocycles. The van der Waals surface area contributed by atoms with Gasteiger partial charge in [0, 0.05) is 18.7 Å². The molecule has 2 N–H and O–H groups in total. The van der Waals surface area contributed by atoms with Crippen molar-refractivity contribution in [2.75, 3.05) is 6.61 Å². The van der Waals surface area contributed by atoms with E-state index >= 15 is 0 Å². The molecule has 1 rings (SSSR count). The lowest BCUT2D eigenvalue weighted by molar-refractivity contribution is 0.183. The lowest BCUT2D eigenvalue weighted by atomic mass is 9.83. The molecule has 0 aromatic heterocycles. The number of hydrogen-bond acceptors (Lipinski definition) is 2. The normalized spacial score (nSPS) is 15.2. The molecule has 0 spiro atoms. The Labute approximate surface area is 118 Å². The minimum atomic E-state index is 0.156. The van der Waals surface area contributed by atoms with Crippen molar-refractivity contribution in [3.05, 3.63) is 35.9 Å². The van der Waals surface area contributed by atoms with Gasteiger partial charge in [-0.15, -0.1) is 0 Å². The molecule has 0 heterocycles. The molecule has 0 amide bonds. The van der Waals surface area contributed by atoms with Gasteiger partial charge in [0.15, 0.2) is 0 Å². The van der Waals surface area contributed by atoms with E-state index in [9.17, 15) is 5.11 Å². The van der Waals surface area contributed by atoms with E-state index in [1.165, 1.54) is 5.56 Å². The van der Waals surface area contributed by atoms with Crippen LogP contribution in [-0.2, 0) is 0 Å². The molecule has 0 fully saturated rings. The van der Waals surface area contributed by atoms with E-state index < -0.39 is 0 Å². The number of aliphatic hydroxyl groups is 1. The Bertz CT molecular complexity index is 342. The third-order valence-electron chi connectivity index (χ3n) is 3.64. The van der Waals surface area contributed by atoms with Crippen LogP contribution in [0.5, 0.6) is 0 Å². The summed E-state index contributed by atoms with van der Waals surface area (Å²) >= 11 is 0. The predicted molar refractivity (Wildman–Crippen MR) is 82.2 cm³/mol. The second-order valence-electron chi connectivity index (χ2n) is 6.35. The van der Waals surface area contributed by atoms with Gasteiger partial charge in [0.05, 0.1) is 0 Å². The molecule has 0 saturated carbocycles. The van der Waals surface area contributed by atoms with E-state index in [1.807, 2.05) is 0 Å². The fourth-order valence-corrected chi connectivity index (χ4v) is 2.46. The Morgan fingerprint density at radius 2 is 1.74 bits per heavy atom. The monoisotopic (exact) mass is 263 g/mol. The van der Waals surface area contributed by atoms with Gasteiger partial charge in [0.1, 0.15) is 0 Å². The Balaban J connectivity index is 2.82. The molecule has 0 aliphatic heterocycles. The first-order valence-electron chi connectivity index (χ1n) is 7.41. The van der Waals surface area contributed by atoms with Crippen LogP contribution < -0.4 is 5.32 Å². The fourth-order valence-electron chi connectivity index (χ4n) is 2.46. The zero-order chi connectivity index (χ0) is 14.3. The number of nitrogens with one attached hydrogen (secondary N) is 1. The van der Waals surface area contributed by atoms with E-state index in [2.05, 4.69) is 63.3 Å². The van der Waals surface area contributed by atoms with Gasteiger partial charge in [0.2, 0.25) is 0 Å². The summed E-state index contributed by atoms with van der Waals surface area (Å²) in [6, 6.07) is 11.3. The Morgan fingerprint density at radius 1 is 1.11 bits per heavy atom. The van der Waals surface area contributed by atoms with Crippen molar-refractivity contribution in [2.24, 2.45) is 5.41 Å². The molecule has 0 saturated heterocycles. The van der Waals surface area contributed by atoms with Crippen molar-refractivity contribution < 1.29 is 5.11 Å². The van der Waals surface area contributed by atoms with Gasteiger partial charge in [0.25, 0.3) is 0 Å². The Hall–Kier alpha value is -0.860. The lowest BCUT2D eigenvalue weighted by Gasteiger charge is -2.35. The summed E-state index contributed by atoms with van der Waals surface area (Å²) in [6.07, 6.45) is 3.08. The molecule has 0 bridgehead atoms. The van der Waals surface area contributed by atoms with Crippen LogP contribution in [0.25, 0.3) is 0 Å². The molecule has 1 aromatic rings. The van der Waals surface area contributed by atoms with Crippen molar-refractivity contribution in [2.45, 2.75) is 59.0 Å². The number of rotatable bonds is 7. The van der Waals surface area contributed by atoms with Crippen LogP contribution >= 0.6 is 0 Å². The molecule has 0 aliphatic carbocycles. The Morgan fingerprint density at radius 3 is 2.21 bits per heavy atom. The highest BCUT2D eigenvalue weighted by Crippen LogP contribution is 2.27.